The molecule has 140 valence electrons. The molecule has 1 saturated heterocycles. The lowest BCUT2D eigenvalue weighted by molar-refractivity contribution is 0.0764. The number of hydrogen-bond acceptors (Lipinski definition) is 4. The molecule has 2 aromatic heterocycles. The van der Waals surface area contributed by atoms with Gasteiger partial charge in [0.1, 0.15) is 0 Å². The lowest BCUT2D eigenvalue weighted by Crippen LogP contribution is -2.29. The van der Waals surface area contributed by atoms with E-state index in [9.17, 15) is 9.90 Å². The van der Waals surface area contributed by atoms with E-state index in [0.29, 0.717) is 18.7 Å². The van der Waals surface area contributed by atoms with Crippen molar-refractivity contribution >= 4 is 16.8 Å². The SMILES string of the molecule is CC(C)n1cc(C(=O)N2C[C@@H](Cc3ccnc4ccccc34)[C@H](O)C2)cn1. The van der Waals surface area contributed by atoms with Gasteiger partial charge in [0.15, 0.2) is 0 Å². The molecule has 3 aromatic rings. The molecule has 4 rings (SSSR count). The summed E-state index contributed by atoms with van der Waals surface area (Å²) in [4.78, 5) is 18.9. The summed E-state index contributed by atoms with van der Waals surface area (Å²) in [5, 5.41) is 15.9. The minimum atomic E-state index is -0.527. The first-order valence-electron chi connectivity index (χ1n) is 9.37. The van der Waals surface area contributed by atoms with Crippen molar-refractivity contribution in [2.75, 3.05) is 13.1 Å². The van der Waals surface area contributed by atoms with E-state index in [1.54, 1.807) is 22.0 Å². The van der Waals surface area contributed by atoms with Crippen molar-refractivity contribution in [1.29, 1.82) is 0 Å². The van der Waals surface area contributed by atoms with Crippen molar-refractivity contribution in [3.63, 3.8) is 0 Å². The number of aliphatic hydroxyl groups excluding tert-OH is 1. The maximum absolute atomic E-state index is 12.8. The molecule has 0 unspecified atom stereocenters. The van der Waals surface area contributed by atoms with Crippen molar-refractivity contribution in [2.45, 2.75) is 32.4 Å². The summed E-state index contributed by atoms with van der Waals surface area (Å²) in [7, 11) is 0. The van der Waals surface area contributed by atoms with E-state index >= 15 is 0 Å². The second-order valence-electron chi connectivity index (χ2n) is 7.53. The number of aliphatic hydroxyl groups is 1. The van der Waals surface area contributed by atoms with Crippen LogP contribution < -0.4 is 0 Å². The Labute approximate surface area is 158 Å². The monoisotopic (exact) mass is 364 g/mol. The number of aromatic nitrogens is 3. The van der Waals surface area contributed by atoms with Crippen molar-refractivity contribution in [3.05, 3.63) is 60.0 Å². The molecule has 6 nitrogen and oxygen atoms in total. The van der Waals surface area contributed by atoms with Gasteiger partial charge in [0, 0.05) is 42.8 Å². The van der Waals surface area contributed by atoms with E-state index in [2.05, 4.69) is 16.1 Å². The number of carbonyl (C=O) groups is 1. The topological polar surface area (TPSA) is 71.2 Å². The molecule has 0 radical (unpaired) electrons. The van der Waals surface area contributed by atoms with Crippen LogP contribution in [0.2, 0.25) is 0 Å². The maximum Gasteiger partial charge on any atom is 0.257 e. The molecule has 1 N–H and O–H groups in total. The van der Waals surface area contributed by atoms with Crippen molar-refractivity contribution in [3.8, 4) is 0 Å². The molecule has 0 aliphatic carbocycles. The van der Waals surface area contributed by atoms with E-state index in [4.69, 9.17) is 0 Å². The Kier molecular flexibility index (Phi) is 4.66. The van der Waals surface area contributed by atoms with Gasteiger partial charge in [-0.15, -0.1) is 0 Å². The largest absolute Gasteiger partial charge is 0.391 e. The molecule has 3 heterocycles. The Balaban J connectivity index is 1.50. The second-order valence-corrected chi connectivity index (χ2v) is 7.53. The van der Waals surface area contributed by atoms with E-state index in [0.717, 1.165) is 22.9 Å². The third kappa shape index (κ3) is 3.45. The molecule has 1 aromatic carbocycles. The highest BCUT2D eigenvalue weighted by Crippen LogP contribution is 2.26. The first-order valence-corrected chi connectivity index (χ1v) is 9.37. The van der Waals surface area contributed by atoms with Crippen LogP contribution >= 0.6 is 0 Å². The van der Waals surface area contributed by atoms with Crippen LogP contribution in [-0.4, -0.2) is 49.9 Å². The standard InChI is InChI=1S/C21H24N4O2/c1-14(2)25-12-17(10-23-25)21(27)24-11-16(20(26)13-24)9-15-7-8-22-19-6-4-3-5-18(15)19/h3-8,10,12,14,16,20,26H,9,11,13H2,1-2H3/t16-,20-/m1/s1. The molecule has 6 heteroatoms. The molecule has 1 aliphatic rings. The van der Waals surface area contributed by atoms with Crippen LogP contribution in [0.25, 0.3) is 10.9 Å². The zero-order valence-corrected chi connectivity index (χ0v) is 15.6. The number of rotatable bonds is 4. The fourth-order valence-electron chi connectivity index (χ4n) is 3.75. The van der Waals surface area contributed by atoms with Gasteiger partial charge < -0.3 is 10.0 Å². The number of nitrogens with zero attached hydrogens (tertiary/aromatic N) is 4. The highest BCUT2D eigenvalue weighted by molar-refractivity contribution is 5.94. The van der Waals surface area contributed by atoms with Gasteiger partial charge in [0.25, 0.3) is 5.91 Å². The minimum Gasteiger partial charge on any atom is -0.391 e. The molecule has 1 amide bonds. The number of amides is 1. The fourth-order valence-corrected chi connectivity index (χ4v) is 3.75. The zero-order chi connectivity index (χ0) is 19.0. The zero-order valence-electron chi connectivity index (χ0n) is 15.6. The van der Waals surface area contributed by atoms with E-state index in [1.165, 1.54) is 0 Å². The third-order valence-electron chi connectivity index (χ3n) is 5.29. The molecule has 0 bridgehead atoms. The predicted molar refractivity (Wildman–Crippen MR) is 103 cm³/mol. The number of fused-ring (bicyclic) bond motifs is 1. The number of benzene rings is 1. The van der Waals surface area contributed by atoms with Gasteiger partial charge >= 0.3 is 0 Å². The lowest BCUT2D eigenvalue weighted by atomic mass is 9.94. The Bertz CT molecular complexity index is 960. The summed E-state index contributed by atoms with van der Waals surface area (Å²) < 4.78 is 1.78. The third-order valence-corrected chi connectivity index (χ3v) is 5.29. The number of hydrogen-bond donors (Lipinski definition) is 1. The van der Waals surface area contributed by atoms with Crippen LogP contribution in [0.1, 0.15) is 35.8 Å². The predicted octanol–water partition coefficient (Wildman–Crippen LogP) is 2.69. The molecule has 0 saturated carbocycles. The normalized spacial score (nSPS) is 19.9. The van der Waals surface area contributed by atoms with Crippen molar-refractivity contribution < 1.29 is 9.90 Å². The fraction of sp³-hybridized carbons (Fsp3) is 0.381. The van der Waals surface area contributed by atoms with Gasteiger partial charge in [-0.3, -0.25) is 14.5 Å². The highest BCUT2D eigenvalue weighted by Gasteiger charge is 2.35. The highest BCUT2D eigenvalue weighted by atomic mass is 16.3. The smallest absolute Gasteiger partial charge is 0.257 e. The number of para-hydroxylation sites is 1. The van der Waals surface area contributed by atoms with Gasteiger partial charge in [0.2, 0.25) is 0 Å². The molecular weight excluding hydrogens is 340 g/mol. The first kappa shape index (κ1) is 17.7. The Morgan fingerprint density at radius 1 is 1.26 bits per heavy atom. The Morgan fingerprint density at radius 3 is 2.85 bits per heavy atom. The molecule has 1 fully saturated rings. The van der Waals surface area contributed by atoms with E-state index in [1.807, 2.05) is 44.3 Å². The number of carbonyl (C=O) groups excluding carboxylic acids is 1. The average molecular weight is 364 g/mol. The van der Waals surface area contributed by atoms with Gasteiger partial charge in [-0.2, -0.15) is 5.10 Å². The number of likely N-dealkylation sites (tertiary alicyclic amines) is 1. The van der Waals surface area contributed by atoms with Gasteiger partial charge in [-0.25, -0.2) is 0 Å². The van der Waals surface area contributed by atoms with Crippen molar-refractivity contribution in [1.82, 2.24) is 19.7 Å². The lowest BCUT2D eigenvalue weighted by Gasteiger charge is -2.16. The molecule has 2 atom stereocenters. The van der Waals surface area contributed by atoms with Gasteiger partial charge in [-0.05, 0) is 38.0 Å². The van der Waals surface area contributed by atoms with Crippen LogP contribution in [0.5, 0.6) is 0 Å². The van der Waals surface area contributed by atoms with Crippen LogP contribution in [0.3, 0.4) is 0 Å². The van der Waals surface area contributed by atoms with Crippen molar-refractivity contribution in [2.24, 2.45) is 5.92 Å². The summed E-state index contributed by atoms with van der Waals surface area (Å²) in [5.41, 5.74) is 2.69. The Hall–Kier alpha value is -2.73. The van der Waals surface area contributed by atoms with Crippen LogP contribution in [0, 0.1) is 5.92 Å². The molecule has 1 aliphatic heterocycles. The quantitative estimate of drug-likeness (QED) is 0.773. The summed E-state index contributed by atoms with van der Waals surface area (Å²) >= 11 is 0. The van der Waals surface area contributed by atoms with Gasteiger partial charge in [0.05, 0.1) is 23.4 Å². The Morgan fingerprint density at radius 2 is 2.07 bits per heavy atom. The van der Waals surface area contributed by atoms with Crippen LogP contribution in [-0.2, 0) is 6.42 Å². The van der Waals surface area contributed by atoms with E-state index in [-0.39, 0.29) is 17.9 Å². The first-order chi connectivity index (χ1) is 13.0. The maximum atomic E-state index is 12.8. The minimum absolute atomic E-state index is 0.0138. The van der Waals surface area contributed by atoms with Crippen LogP contribution in [0.4, 0.5) is 0 Å². The van der Waals surface area contributed by atoms with Crippen LogP contribution in [0.15, 0.2) is 48.9 Å². The van der Waals surface area contributed by atoms with Gasteiger partial charge in [-0.1, -0.05) is 18.2 Å². The summed E-state index contributed by atoms with van der Waals surface area (Å²) in [6, 6.07) is 10.2. The number of pyridine rings is 1. The molecular formula is C21H24N4O2. The molecule has 0 spiro atoms. The summed E-state index contributed by atoms with van der Waals surface area (Å²) in [5.74, 6) is -0.0528. The van der Waals surface area contributed by atoms with E-state index < -0.39 is 6.10 Å². The summed E-state index contributed by atoms with van der Waals surface area (Å²) in [6.07, 6.45) is 5.39. The molecule has 27 heavy (non-hydrogen) atoms. The summed E-state index contributed by atoms with van der Waals surface area (Å²) in [6.45, 7) is 4.95. The average Bonchev–Trinajstić information content (AvgIpc) is 3.29. The second kappa shape index (κ2) is 7.12. The number of β-amino-alcohol motifs (C(OH)–C–C–N with tert-alkyl or cyclic N) is 1.